The SMILES string of the molecule is O=C(CN(Cc1ccc(Br)cc1)S(=O)(=O)c1ccccc1)Nc1ccccc1. The largest absolute Gasteiger partial charge is 0.325 e. The van der Waals surface area contributed by atoms with Crippen LogP contribution in [0.3, 0.4) is 0 Å². The molecular weight excluding hydrogens is 440 g/mol. The molecule has 0 saturated heterocycles. The average molecular weight is 459 g/mol. The lowest BCUT2D eigenvalue weighted by Crippen LogP contribution is -2.37. The molecule has 0 bridgehead atoms. The Bertz CT molecular complexity index is 1020. The maximum absolute atomic E-state index is 13.1. The van der Waals surface area contributed by atoms with Gasteiger partial charge in [0.1, 0.15) is 0 Å². The van der Waals surface area contributed by atoms with Gasteiger partial charge in [-0.25, -0.2) is 8.42 Å². The normalized spacial score (nSPS) is 11.4. The first-order valence-electron chi connectivity index (χ1n) is 8.60. The van der Waals surface area contributed by atoms with E-state index in [1.165, 1.54) is 16.4 Å². The number of nitrogens with one attached hydrogen (secondary N) is 1. The van der Waals surface area contributed by atoms with Gasteiger partial charge >= 0.3 is 0 Å². The third kappa shape index (κ3) is 5.28. The van der Waals surface area contributed by atoms with E-state index in [9.17, 15) is 13.2 Å². The molecule has 0 aliphatic heterocycles. The van der Waals surface area contributed by atoms with Gasteiger partial charge in [-0.1, -0.05) is 64.5 Å². The van der Waals surface area contributed by atoms with Gasteiger partial charge in [-0.3, -0.25) is 4.79 Å². The molecule has 7 heteroatoms. The number of carbonyl (C=O) groups excluding carboxylic acids is 1. The summed E-state index contributed by atoms with van der Waals surface area (Å²) < 4.78 is 28.3. The highest BCUT2D eigenvalue weighted by molar-refractivity contribution is 9.10. The Morgan fingerprint density at radius 3 is 2.04 bits per heavy atom. The lowest BCUT2D eigenvalue weighted by Gasteiger charge is -2.22. The highest BCUT2D eigenvalue weighted by Crippen LogP contribution is 2.20. The van der Waals surface area contributed by atoms with Crippen molar-refractivity contribution in [3.05, 3.63) is 95.0 Å². The van der Waals surface area contributed by atoms with E-state index in [0.29, 0.717) is 5.69 Å². The molecule has 0 spiro atoms. The zero-order chi connectivity index (χ0) is 20.0. The van der Waals surface area contributed by atoms with Crippen LogP contribution in [-0.4, -0.2) is 25.2 Å². The van der Waals surface area contributed by atoms with Crippen molar-refractivity contribution in [2.45, 2.75) is 11.4 Å². The van der Waals surface area contributed by atoms with Crippen molar-refractivity contribution in [2.24, 2.45) is 0 Å². The summed E-state index contributed by atoms with van der Waals surface area (Å²) in [7, 11) is -3.84. The molecule has 0 fully saturated rings. The summed E-state index contributed by atoms with van der Waals surface area (Å²) in [5.41, 5.74) is 1.41. The highest BCUT2D eigenvalue weighted by atomic mass is 79.9. The molecule has 0 heterocycles. The summed E-state index contributed by atoms with van der Waals surface area (Å²) >= 11 is 3.37. The highest BCUT2D eigenvalue weighted by Gasteiger charge is 2.26. The quantitative estimate of drug-likeness (QED) is 0.574. The minimum absolute atomic E-state index is 0.0900. The van der Waals surface area contributed by atoms with Crippen molar-refractivity contribution in [3.8, 4) is 0 Å². The van der Waals surface area contributed by atoms with Crippen LogP contribution < -0.4 is 5.32 Å². The summed E-state index contributed by atoms with van der Waals surface area (Å²) in [4.78, 5) is 12.7. The minimum Gasteiger partial charge on any atom is -0.325 e. The lowest BCUT2D eigenvalue weighted by atomic mass is 10.2. The number of sulfonamides is 1. The number of carbonyl (C=O) groups is 1. The second-order valence-corrected chi connectivity index (χ2v) is 8.98. The van der Waals surface area contributed by atoms with Crippen LogP contribution in [-0.2, 0) is 21.4 Å². The van der Waals surface area contributed by atoms with Crippen LogP contribution in [0.15, 0.2) is 94.3 Å². The first-order chi connectivity index (χ1) is 13.4. The van der Waals surface area contributed by atoms with E-state index in [1.54, 1.807) is 42.5 Å². The Balaban J connectivity index is 1.85. The van der Waals surface area contributed by atoms with Crippen molar-refractivity contribution in [3.63, 3.8) is 0 Å². The molecular formula is C21H19BrN2O3S. The minimum atomic E-state index is -3.84. The molecule has 1 amide bonds. The zero-order valence-electron chi connectivity index (χ0n) is 15.0. The van der Waals surface area contributed by atoms with Gasteiger partial charge < -0.3 is 5.32 Å². The van der Waals surface area contributed by atoms with Gasteiger partial charge in [-0.15, -0.1) is 0 Å². The number of rotatable bonds is 7. The molecule has 0 radical (unpaired) electrons. The molecule has 3 rings (SSSR count). The molecule has 0 saturated carbocycles. The third-order valence-electron chi connectivity index (χ3n) is 4.03. The second kappa shape index (κ2) is 9.14. The van der Waals surface area contributed by atoms with Gasteiger partial charge in [-0.05, 0) is 42.0 Å². The van der Waals surface area contributed by atoms with Crippen molar-refractivity contribution >= 4 is 37.5 Å². The fourth-order valence-electron chi connectivity index (χ4n) is 2.64. The maximum atomic E-state index is 13.1. The average Bonchev–Trinajstić information content (AvgIpc) is 2.70. The number of hydrogen-bond acceptors (Lipinski definition) is 3. The first kappa shape index (κ1) is 20.3. The summed E-state index contributed by atoms with van der Waals surface area (Å²) in [6, 6.07) is 24.4. The number of hydrogen-bond donors (Lipinski definition) is 1. The van der Waals surface area contributed by atoms with E-state index >= 15 is 0 Å². The molecule has 1 N–H and O–H groups in total. The molecule has 3 aromatic carbocycles. The number of para-hydroxylation sites is 1. The molecule has 5 nitrogen and oxygen atoms in total. The second-order valence-electron chi connectivity index (χ2n) is 6.13. The number of anilines is 1. The van der Waals surface area contributed by atoms with Gasteiger partial charge in [0, 0.05) is 16.7 Å². The maximum Gasteiger partial charge on any atom is 0.243 e. The fourth-order valence-corrected chi connectivity index (χ4v) is 4.31. The van der Waals surface area contributed by atoms with E-state index in [1.807, 2.05) is 30.3 Å². The topological polar surface area (TPSA) is 66.5 Å². The molecule has 0 aliphatic carbocycles. The van der Waals surface area contributed by atoms with E-state index in [-0.39, 0.29) is 18.0 Å². The van der Waals surface area contributed by atoms with E-state index in [4.69, 9.17) is 0 Å². The van der Waals surface area contributed by atoms with Crippen molar-refractivity contribution in [1.82, 2.24) is 4.31 Å². The van der Waals surface area contributed by atoms with Crippen LogP contribution in [0.4, 0.5) is 5.69 Å². The summed E-state index contributed by atoms with van der Waals surface area (Å²) in [5.74, 6) is -0.400. The van der Waals surface area contributed by atoms with E-state index in [0.717, 1.165) is 10.0 Å². The first-order valence-corrected chi connectivity index (χ1v) is 10.8. The summed E-state index contributed by atoms with van der Waals surface area (Å²) in [6.45, 7) is -0.200. The van der Waals surface area contributed by atoms with E-state index < -0.39 is 15.9 Å². The van der Waals surface area contributed by atoms with Crippen LogP contribution in [0.25, 0.3) is 0 Å². The molecule has 0 aliphatic rings. The van der Waals surface area contributed by atoms with Crippen LogP contribution in [0.5, 0.6) is 0 Å². The number of amides is 1. The predicted octanol–water partition coefficient (Wildman–Crippen LogP) is 4.28. The van der Waals surface area contributed by atoms with Crippen LogP contribution >= 0.6 is 15.9 Å². The van der Waals surface area contributed by atoms with E-state index in [2.05, 4.69) is 21.2 Å². The molecule has 144 valence electrons. The standard InChI is InChI=1S/C21H19BrN2O3S/c22-18-13-11-17(12-14-18)15-24(28(26,27)20-9-5-2-6-10-20)16-21(25)23-19-7-3-1-4-8-19/h1-14H,15-16H2,(H,23,25). The Labute approximate surface area is 173 Å². The summed E-state index contributed by atoms with van der Waals surface area (Å²) in [6.07, 6.45) is 0. The van der Waals surface area contributed by atoms with Crippen molar-refractivity contribution in [1.29, 1.82) is 0 Å². The smallest absolute Gasteiger partial charge is 0.243 e. The number of nitrogens with zero attached hydrogens (tertiary/aromatic N) is 1. The number of halogens is 1. The van der Waals surface area contributed by atoms with Gasteiger partial charge in [0.25, 0.3) is 0 Å². The van der Waals surface area contributed by atoms with Crippen LogP contribution in [0.1, 0.15) is 5.56 Å². The van der Waals surface area contributed by atoms with Gasteiger partial charge in [0.05, 0.1) is 11.4 Å². The molecule has 0 unspecified atom stereocenters. The molecule has 0 aromatic heterocycles. The Kier molecular flexibility index (Phi) is 6.61. The molecule has 28 heavy (non-hydrogen) atoms. The van der Waals surface area contributed by atoms with Gasteiger partial charge in [-0.2, -0.15) is 4.31 Å². The Morgan fingerprint density at radius 1 is 0.857 bits per heavy atom. The van der Waals surface area contributed by atoms with Gasteiger partial charge in [0.15, 0.2) is 0 Å². The summed E-state index contributed by atoms with van der Waals surface area (Å²) in [5, 5.41) is 2.74. The molecule has 0 atom stereocenters. The van der Waals surface area contributed by atoms with Crippen molar-refractivity contribution < 1.29 is 13.2 Å². The van der Waals surface area contributed by atoms with Crippen LogP contribution in [0, 0.1) is 0 Å². The Morgan fingerprint density at radius 2 is 1.43 bits per heavy atom. The monoisotopic (exact) mass is 458 g/mol. The third-order valence-corrected chi connectivity index (χ3v) is 6.37. The predicted molar refractivity (Wildman–Crippen MR) is 113 cm³/mol. The van der Waals surface area contributed by atoms with Gasteiger partial charge in [0.2, 0.25) is 15.9 Å². The fraction of sp³-hybridized carbons (Fsp3) is 0.0952. The Hall–Kier alpha value is -2.48. The lowest BCUT2D eigenvalue weighted by molar-refractivity contribution is -0.116. The number of benzene rings is 3. The van der Waals surface area contributed by atoms with Crippen LogP contribution in [0.2, 0.25) is 0 Å². The van der Waals surface area contributed by atoms with Crippen molar-refractivity contribution in [2.75, 3.05) is 11.9 Å². The zero-order valence-corrected chi connectivity index (χ0v) is 17.4. The molecule has 3 aromatic rings.